The van der Waals surface area contributed by atoms with E-state index in [9.17, 15) is 9.59 Å². The van der Waals surface area contributed by atoms with Crippen LogP contribution in [0.25, 0.3) is 0 Å². The molecule has 1 aromatic carbocycles. The van der Waals surface area contributed by atoms with Crippen LogP contribution < -0.4 is 0 Å². The molecule has 17 heavy (non-hydrogen) atoms. The summed E-state index contributed by atoms with van der Waals surface area (Å²) in [7, 11) is 1.54. The summed E-state index contributed by atoms with van der Waals surface area (Å²) in [6, 6.07) is 8.51. The molecule has 92 valence electrons. The third-order valence-electron chi connectivity index (χ3n) is 2.72. The largest absolute Gasteiger partial charge is 0.480 e. The van der Waals surface area contributed by atoms with Gasteiger partial charge in [0.1, 0.15) is 6.04 Å². The minimum atomic E-state index is -0.974. The van der Waals surface area contributed by atoms with Crippen molar-refractivity contribution in [3.05, 3.63) is 35.9 Å². The fraction of sp³-hybridized carbons (Fsp3) is 0.385. The van der Waals surface area contributed by atoms with Gasteiger partial charge in [0.25, 0.3) is 0 Å². The lowest BCUT2D eigenvalue weighted by Crippen LogP contribution is -2.43. The number of hydrogen-bond donors (Lipinski definition) is 1. The topological polar surface area (TPSA) is 57.6 Å². The number of carboxylic acid groups (broad SMARTS) is 1. The van der Waals surface area contributed by atoms with Crippen LogP contribution >= 0.6 is 0 Å². The number of nitrogens with zero attached hydrogens (tertiary/aromatic N) is 1. The van der Waals surface area contributed by atoms with Crippen molar-refractivity contribution in [1.82, 2.24) is 4.90 Å². The Hall–Kier alpha value is -1.84. The van der Waals surface area contributed by atoms with Gasteiger partial charge >= 0.3 is 5.97 Å². The zero-order valence-corrected chi connectivity index (χ0v) is 10.1. The van der Waals surface area contributed by atoms with Gasteiger partial charge in [-0.15, -0.1) is 0 Å². The molecule has 0 unspecified atom stereocenters. The SMILES string of the molecule is CCC(=O)N(C)[C@@H](Cc1ccccc1)C(=O)O. The van der Waals surface area contributed by atoms with Gasteiger partial charge in [-0.25, -0.2) is 4.79 Å². The fourth-order valence-corrected chi connectivity index (χ4v) is 1.65. The second kappa shape index (κ2) is 6.03. The molecule has 0 aromatic heterocycles. The van der Waals surface area contributed by atoms with Crippen molar-refractivity contribution in [3.63, 3.8) is 0 Å². The van der Waals surface area contributed by atoms with E-state index in [1.165, 1.54) is 11.9 Å². The average Bonchev–Trinajstić information content (AvgIpc) is 2.35. The maximum Gasteiger partial charge on any atom is 0.326 e. The summed E-state index contributed by atoms with van der Waals surface area (Å²) in [4.78, 5) is 24.0. The molecule has 0 aliphatic carbocycles. The van der Waals surface area contributed by atoms with Gasteiger partial charge in [0.05, 0.1) is 0 Å². The molecule has 0 fully saturated rings. The highest BCUT2D eigenvalue weighted by Crippen LogP contribution is 2.09. The predicted octanol–water partition coefficient (Wildman–Crippen LogP) is 1.55. The van der Waals surface area contributed by atoms with Crippen LogP contribution in [0, 0.1) is 0 Å². The number of aliphatic carboxylic acids is 1. The van der Waals surface area contributed by atoms with Crippen LogP contribution in [0.4, 0.5) is 0 Å². The molecule has 0 aliphatic rings. The number of carboxylic acids is 1. The molecule has 0 saturated carbocycles. The molecule has 0 saturated heterocycles. The molecule has 1 N–H and O–H groups in total. The molecule has 0 spiro atoms. The van der Waals surface area contributed by atoms with Crippen molar-refractivity contribution < 1.29 is 14.7 Å². The highest BCUT2D eigenvalue weighted by Gasteiger charge is 2.25. The molecule has 1 rings (SSSR count). The Bertz CT molecular complexity index is 389. The zero-order chi connectivity index (χ0) is 12.8. The number of likely N-dealkylation sites (N-methyl/N-ethyl adjacent to an activating group) is 1. The highest BCUT2D eigenvalue weighted by atomic mass is 16.4. The number of carbonyl (C=O) groups is 2. The van der Waals surface area contributed by atoms with Crippen LogP contribution in [0.15, 0.2) is 30.3 Å². The lowest BCUT2D eigenvalue weighted by Gasteiger charge is -2.24. The highest BCUT2D eigenvalue weighted by molar-refractivity contribution is 5.83. The first-order chi connectivity index (χ1) is 8.06. The summed E-state index contributed by atoms with van der Waals surface area (Å²) in [6.07, 6.45) is 0.646. The van der Waals surface area contributed by atoms with Crippen LogP contribution in [0.5, 0.6) is 0 Å². The van der Waals surface area contributed by atoms with Crippen LogP contribution in [0.1, 0.15) is 18.9 Å². The normalized spacial score (nSPS) is 11.9. The Labute approximate surface area is 101 Å². The van der Waals surface area contributed by atoms with Crippen molar-refractivity contribution in [2.45, 2.75) is 25.8 Å². The second-order valence-corrected chi connectivity index (χ2v) is 3.90. The van der Waals surface area contributed by atoms with E-state index in [1.807, 2.05) is 30.3 Å². The number of amides is 1. The summed E-state index contributed by atoms with van der Waals surface area (Å²) in [5.41, 5.74) is 0.913. The Morgan fingerprint density at radius 3 is 2.35 bits per heavy atom. The van der Waals surface area contributed by atoms with Crippen LogP contribution in [-0.2, 0) is 16.0 Å². The van der Waals surface area contributed by atoms with Gasteiger partial charge in [0.2, 0.25) is 5.91 Å². The van der Waals surface area contributed by atoms with Crippen LogP contribution in [0.2, 0.25) is 0 Å². The molecular formula is C13H17NO3. The summed E-state index contributed by atoms with van der Waals surface area (Å²) >= 11 is 0. The van der Waals surface area contributed by atoms with Crippen molar-refractivity contribution in [3.8, 4) is 0 Å². The van der Waals surface area contributed by atoms with Gasteiger partial charge < -0.3 is 10.0 Å². The van der Waals surface area contributed by atoms with E-state index in [1.54, 1.807) is 6.92 Å². The number of carbonyl (C=O) groups excluding carboxylic acids is 1. The third-order valence-corrected chi connectivity index (χ3v) is 2.72. The number of rotatable bonds is 5. The van der Waals surface area contributed by atoms with E-state index in [2.05, 4.69) is 0 Å². The van der Waals surface area contributed by atoms with E-state index < -0.39 is 12.0 Å². The smallest absolute Gasteiger partial charge is 0.326 e. The Morgan fingerprint density at radius 1 is 1.29 bits per heavy atom. The first kappa shape index (κ1) is 13.2. The summed E-state index contributed by atoms with van der Waals surface area (Å²) in [5.74, 6) is -1.13. The third kappa shape index (κ3) is 3.59. The molecule has 4 nitrogen and oxygen atoms in total. The van der Waals surface area contributed by atoms with Crippen molar-refractivity contribution >= 4 is 11.9 Å². The van der Waals surface area contributed by atoms with Gasteiger partial charge in [-0.1, -0.05) is 37.3 Å². The maximum absolute atomic E-state index is 11.5. The lowest BCUT2D eigenvalue weighted by atomic mass is 10.0. The molecule has 0 radical (unpaired) electrons. The number of benzene rings is 1. The van der Waals surface area contributed by atoms with Crippen molar-refractivity contribution in [2.24, 2.45) is 0 Å². The quantitative estimate of drug-likeness (QED) is 0.842. The molecule has 4 heteroatoms. The first-order valence-electron chi connectivity index (χ1n) is 5.58. The van der Waals surface area contributed by atoms with Crippen LogP contribution in [0.3, 0.4) is 0 Å². The van der Waals surface area contributed by atoms with E-state index in [0.717, 1.165) is 5.56 Å². The van der Waals surface area contributed by atoms with Gasteiger partial charge in [-0.2, -0.15) is 0 Å². The molecule has 0 heterocycles. The summed E-state index contributed by atoms with van der Waals surface area (Å²) in [6.45, 7) is 1.72. The Morgan fingerprint density at radius 2 is 1.88 bits per heavy atom. The minimum Gasteiger partial charge on any atom is -0.480 e. The predicted molar refractivity (Wildman–Crippen MR) is 64.6 cm³/mol. The average molecular weight is 235 g/mol. The summed E-state index contributed by atoms with van der Waals surface area (Å²) in [5, 5.41) is 9.16. The van der Waals surface area contributed by atoms with E-state index in [4.69, 9.17) is 5.11 Å². The standard InChI is InChI=1S/C13H17NO3/c1-3-12(15)14(2)11(13(16)17)9-10-7-5-4-6-8-10/h4-8,11H,3,9H2,1-2H3,(H,16,17)/t11-/m0/s1. The first-order valence-corrected chi connectivity index (χ1v) is 5.58. The van der Waals surface area contributed by atoms with Gasteiger partial charge in [0.15, 0.2) is 0 Å². The molecule has 1 amide bonds. The molecule has 0 aliphatic heterocycles. The second-order valence-electron chi connectivity index (χ2n) is 3.90. The van der Waals surface area contributed by atoms with Crippen molar-refractivity contribution in [1.29, 1.82) is 0 Å². The Kier molecular flexibility index (Phi) is 4.69. The van der Waals surface area contributed by atoms with E-state index in [-0.39, 0.29) is 5.91 Å². The lowest BCUT2D eigenvalue weighted by molar-refractivity contribution is -0.148. The molecular weight excluding hydrogens is 218 g/mol. The molecule has 0 bridgehead atoms. The van der Waals surface area contributed by atoms with E-state index >= 15 is 0 Å². The van der Waals surface area contributed by atoms with E-state index in [0.29, 0.717) is 12.8 Å². The number of hydrogen-bond acceptors (Lipinski definition) is 2. The summed E-state index contributed by atoms with van der Waals surface area (Å²) < 4.78 is 0. The Balaban J connectivity index is 2.81. The molecule has 1 aromatic rings. The van der Waals surface area contributed by atoms with Crippen molar-refractivity contribution in [2.75, 3.05) is 7.05 Å². The minimum absolute atomic E-state index is 0.159. The van der Waals surface area contributed by atoms with Gasteiger partial charge in [-0.3, -0.25) is 4.79 Å². The van der Waals surface area contributed by atoms with Gasteiger partial charge in [0, 0.05) is 19.9 Å². The monoisotopic (exact) mass is 235 g/mol. The van der Waals surface area contributed by atoms with Gasteiger partial charge in [-0.05, 0) is 5.56 Å². The zero-order valence-electron chi connectivity index (χ0n) is 10.1. The molecule has 1 atom stereocenters. The van der Waals surface area contributed by atoms with Crippen LogP contribution in [-0.4, -0.2) is 35.0 Å². The maximum atomic E-state index is 11.5. The fourth-order valence-electron chi connectivity index (χ4n) is 1.65.